The van der Waals surface area contributed by atoms with E-state index in [1.807, 2.05) is 52.4 Å². The Kier molecular flexibility index (Phi) is 17.0. The van der Waals surface area contributed by atoms with Crippen molar-refractivity contribution in [3.8, 4) is 0 Å². The van der Waals surface area contributed by atoms with Crippen LogP contribution in [-0.4, -0.2) is 117 Å². The minimum atomic E-state index is -2.47. The van der Waals surface area contributed by atoms with E-state index in [4.69, 9.17) is 50.3 Å². The number of amides is 6. The summed E-state index contributed by atoms with van der Waals surface area (Å²) in [5.74, 6) is -12.8. The number of aliphatic hydroxyl groups is 1. The SMILES string of the molecule is N=C(N)NC(NC(=O)C(NC(=N)N)NC(=O)C(NC(=N)N)NC(=O)C(NC(=N)N)NC(=O)C(NC(=O)C(O)N(CC1=CC2=C3C(=CC=C4C=CC=C1C43)CC=C2)c1ncc([N+](=O)[O-])cc1[N+](=O)[O-])c1ccccc1)C(N)=O. The van der Waals surface area contributed by atoms with E-state index in [0.717, 1.165) is 27.2 Å². The standard InChI is InChI=1S/C44H50N22O11/c45-29(67)30(60-41(46)47)56-36(69)32(62-43(50)51)58-38(71)33(63-44(52)53)59-37(70)31(61-42(48)49)57-35(68)28(20-6-2-1-3-7-20)55-39(72)40(73)64(34-25(66(76)77)15-23(16-54-34)65(74)75)17-22-14-21-10-4-8-18-12-13-19-9-5-11-24(22)27(19)26(18)21/h1-7,9-16,27-28,30-33,40,73H,8,17H2,(H2,45,67)(H,55,72)(H,56,69)(H,57,68)(H,58,71)(H,59,70)(H4,46,47,60)(H4,48,49,61)(H4,50,51,62)(H4,52,53,63). The van der Waals surface area contributed by atoms with Gasteiger partial charge in [0.1, 0.15) is 12.2 Å². The van der Waals surface area contributed by atoms with Gasteiger partial charge in [0.15, 0.2) is 48.5 Å². The Hall–Kier alpha value is -11.0. The van der Waals surface area contributed by atoms with Crippen LogP contribution in [0.15, 0.2) is 125 Å². The first-order valence-corrected chi connectivity index (χ1v) is 22.4. The molecule has 2 aromatic rings. The highest BCUT2D eigenvalue weighted by atomic mass is 16.6. The number of nitro groups is 2. The van der Waals surface area contributed by atoms with Gasteiger partial charge in [-0.15, -0.1) is 0 Å². The zero-order valence-electron chi connectivity index (χ0n) is 39.8. The molecule has 24 N–H and O–H groups in total. The summed E-state index contributed by atoms with van der Waals surface area (Å²) >= 11 is 0. The topological polar surface area (TPSA) is 559 Å². The van der Waals surface area contributed by atoms with Crippen LogP contribution in [0.3, 0.4) is 0 Å². The number of rotatable bonds is 22. The van der Waals surface area contributed by atoms with E-state index in [0.29, 0.717) is 29.8 Å². The van der Waals surface area contributed by atoms with E-state index in [2.05, 4.69) is 36.9 Å². The third-order valence-corrected chi connectivity index (χ3v) is 11.4. The zero-order valence-corrected chi connectivity index (χ0v) is 39.8. The van der Waals surface area contributed by atoms with E-state index in [1.165, 1.54) is 30.3 Å². The second-order valence-corrected chi connectivity index (χ2v) is 16.7. The first-order valence-electron chi connectivity index (χ1n) is 22.4. The van der Waals surface area contributed by atoms with Crippen LogP contribution in [0.2, 0.25) is 0 Å². The lowest BCUT2D eigenvalue weighted by atomic mass is 9.67. The van der Waals surface area contributed by atoms with E-state index in [1.54, 1.807) is 12.2 Å². The van der Waals surface area contributed by atoms with Crippen LogP contribution >= 0.6 is 0 Å². The van der Waals surface area contributed by atoms with Gasteiger partial charge in [-0.25, -0.2) is 4.98 Å². The molecular weight excluding hydrogens is 1010 g/mol. The van der Waals surface area contributed by atoms with Crippen LogP contribution in [0.4, 0.5) is 17.2 Å². The molecule has 1 aromatic carbocycles. The molecule has 1 heterocycles. The number of nitrogens with one attached hydrogen (secondary N) is 13. The summed E-state index contributed by atoms with van der Waals surface area (Å²) in [5.41, 5.74) is 30.0. The number of pyridine rings is 1. The van der Waals surface area contributed by atoms with Crippen LogP contribution in [0, 0.1) is 47.8 Å². The Morgan fingerprint density at radius 3 is 1.78 bits per heavy atom. The Labute approximate surface area is 433 Å². The summed E-state index contributed by atoms with van der Waals surface area (Å²) in [5, 5.41) is 86.0. The molecule has 0 saturated carbocycles. The molecule has 0 radical (unpaired) electrons. The van der Waals surface area contributed by atoms with Crippen LogP contribution in [-0.2, 0) is 28.8 Å². The van der Waals surface area contributed by atoms with Crippen molar-refractivity contribution in [3.63, 3.8) is 0 Å². The van der Waals surface area contributed by atoms with Crippen molar-refractivity contribution < 1.29 is 43.7 Å². The predicted molar refractivity (Wildman–Crippen MR) is 271 cm³/mol. The fourth-order valence-electron chi connectivity index (χ4n) is 8.20. The number of benzene rings is 1. The number of aromatic nitrogens is 1. The second kappa shape index (κ2) is 23.7. The Balaban J connectivity index is 1.30. The maximum Gasteiger partial charge on any atom is 0.318 e. The molecule has 6 rings (SSSR count). The molecule has 0 saturated heterocycles. The molecule has 33 nitrogen and oxygen atoms in total. The van der Waals surface area contributed by atoms with Crippen molar-refractivity contribution in [1.82, 2.24) is 52.8 Å². The predicted octanol–water partition coefficient (Wildman–Crippen LogP) is -4.76. The van der Waals surface area contributed by atoms with Crippen molar-refractivity contribution >= 4 is 76.5 Å². The summed E-state index contributed by atoms with van der Waals surface area (Å²) in [6.07, 6.45) is 5.73. The molecule has 77 heavy (non-hydrogen) atoms. The van der Waals surface area contributed by atoms with Gasteiger partial charge < -0.3 is 86.5 Å². The molecule has 1 aromatic heterocycles. The number of hydrogen-bond donors (Lipinski definition) is 19. The minimum Gasteiger partial charge on any atom is -0.370 e. The highest BCUT2D eigenvalue weighted by molar-refractivity contribution is 6.00. The van der Waals surface area contributed by atoms with Crippen molar-refractivity contribution in [2.24, 2.45) is 34.6 Å². The third-order valence-electron chi connectivity index (χ3n) is 11.4. The summed E-state index contributed by atoms with van der Waals surface area (Å²) < 4.78 is 0. The average Bonchev–Trinajstić information content (AvgIpc) is 3.41. The van der Waals surface area contributed by atoms with Crippen molar-refractivity contribution in [2.45, 2.75) is 43.4 Å². The van der Waals surface area contributed by atoms with Gasteiger partial charge in [0.25, 0.3) is 35.2 Å². The first kappa shape index (κ1) is 55.3. The maximum absolute atomic E-state index is 14.5. The number of guanidine groups is 4. The Morgan fingerprint density at radius 2 is 1.25 bits per heavy atom. The van der Waals surface area contributed by atoms with Gasteiger partial charge in [0, 0.05) is 12.5 Å². The quantitative estimate of drug-likeness (QED) is 0.0173. The molecule has 0 aliphatic heterocycles. The smallest absolute Gasteiger partial charge is 0.318 e. The largest absolute Gasteiger partial charge is 0.370 e. The van der Waals surface area contributed by atoms with Crippen molar-refractivity contribution in [2.75, 3.05) is 11.4 Å². The number of aliphatic hydroxyl groups excluding tert-OH is 1. The normalized spacial score (nSPS) is 16.8. The zero-order chi connectivity index (χ0) is 56.4. The number of nitrogens with zero attached hydrogens (tertiary/aromatic N) is 4. The summed E-state index contributed by atoms with van der Waals surface area (Å²) in [6.45, 7) is -0.482. The number of primary amides is 1. The Bertz CT molecular complexity index is 3090. The molecule has 4 aliphatic carbocycles. The van der Waals surface area contributed by atoms with Crippen LogP contribution in [0.25, 0.3) is 0 Å². The Morgan fingerprint density at radius 1 is 0.701 bits per heavy atom. The molecule has 7 unspecified atom stereocenters. The number of allylic oxidation sites excluding steroid dienone is 12. The van der Waals surface area contributed by atoms with Crippen LogP contribution < -0.4 is 81.4 Å². The van der Waals surface area contributed by atoms with Gasteiger partial charge in [-0.1, -0.05) is 72.9 Å². The van der Waals surface area contributed by atoms with Gasteiger partial charge in [0.05, 0.1) is 15.9 Å². The lowest BCUT2D eigenvalue weighted by molar-refractivity contribution is -0.394. The highest BCUT2D eigenvalue weighted by Gasteiger charge is 2.40. The molecule has 4 aliphatic rings. The van der Waals surface area contributed by atoms with Crippen molar-refractivity contribution in [1.29, 1.82) is 21.6 Å². The number of carbonyl (C=O) groups excluding carboxylic acids is 6. The highest BCUT2D eigenvalue weighted by Crippen LogP contribution is 2.49. The van der Waals surface area contributed by atoms with E-state index < -0.39 is 130 Å². The summed E-state index contributed by atoms with van der Waals surface area (Å²) in [4.78, 5) is 109. The number of anilines is 1. The second-order valence-electron chi connectivity index (χ2n) is 16.7. The number of nitrogens with two attached hydrogens (primary N) is 5. The van der Waals surface area contributed by atoms with Gasteiger partial charge in [-0.3, -0.25) is 70.6 Å². The molecule has 33 heteroatoms. The van der Waals surface area contributed by atoms with E-state index in [-0.39, 0.29) is 11.5 Å². The van der Waals surface area contributed by atoms with Gasteiger partial charge in [0.2, 0.25) is 18.0 Å². The lowest BCUT2D eigenvalue weighted by Crippen LogP contribution is -2.68. The van der Waals surface area contributed by atoms with Crippen molar-refractivity contribution in [3.05, 3.63) is 150 Å². The molecule has 402 valence electrons. The monoisotopic (exact) mass is 1060 g/mol. The van der Waals surface area contributed by atoms with E-state index in [9.17, 15) is 54.1 Å². The fraction of sp³-hybridized carbons (Fsp3) is 0.205. The third kappa shape index (κ3) is 13.4. The maximum atomic E-state index is 14.5. The van der Waals surface area contributed by atoms with Crippen LogP contribution in [0.1, 0.15) is 18.0 Å². The number of hydrogen-bond acceptors (Lipinski definition) is 17. The number of carbonyl (C=O) groups is 6. The van der Waals surface area contributed by atoms with E-state index >= 15 is 0 Å². The van der Waals surface area contributed by atoms with Gasteiger partial charge in [-0.05, 0) is 51.5 Å². The van der Waals surface area contributed by atoms with Crippen LogP contribution in [0.5, 0.6) is 0 Å². The fourth-order valence-corrected chi connectivity index (χ4v) is 8.20. The molecule has 6 amide bonds. The summed E-state index contributed by atoms with van der Waals surface area (Å²) in [7, 11) is 0. The summed E-state index contributed by atoms with van der Waals surface area (Å²) in [6, 6.07) is 5.85. The minimum absolute atomic E-state index is 0.00782. The molecule has 0 spiro atoms. The van der Waals surface area contributed by atoms with Gasteiger partial charge in [-0.2, -0.15) is 0 Å². The lowest BCUT2D eigenvalue weighted by Gasteiger charge is -2.39. The van der Waals surface area contributed by atoms with Gasteiger partial charge >= 0.3 is 5.69 Å². The molecular formula is C44H50N22O11. The first-order chi connectivity index (χ1) is 36.4. The molecule has 0 bridgehead atoms. The average molecular weight is 1060 g/mol. The molecule has 0 fully saturated rings. The molecule has 7 atom stereocenters.